The number of halogens is 1. The average Bonchev–Trinajstić information content (AvgIpc) is 2.64. The van der Waals surface area contributed by atoms with Gasteiger partial charge in [-0.2, -0.15) is 5.10 Å². The molecular weight excluding hydrogens is 258 g/mol. The Bertz CT molecular complexity index is 507. The van der Waals surface area contributed by atoms with Gasteiger partial charge in [-0.3, -0.25) is 4.79 Å². The first-order chi connectivity index (χ1) is 7.22. The fourth-order valence-electron chi connectivity index (χ4n) is 1.31. The number of hydrogen-bond acceptors (Lipinski definition) is 3. The molecule has 0 aliphatic rings. The number of rotatable bonds is 2. The van der Waals surface area contributed by atoms with Crippen LogP contribution in [-0.2, 0) is 0 Å². The van der Waals surface area contributed by atoms with Gasteiger partial charge < -0.3 is 5.73 Å². The summed E-state index contributed by atoms with van der Waals surface area (Å²) in [5, 5.41) is 4.05. The summed E-state index contributed by atoms with van der Waals surface area (Å²) in [6, 6.07) is 5.45. The van der Waals surface area contributed by atoms with Gasteiger partial charge in [0.05, 0.1) is 29.3 Å². The molecule has 0 atom stereocenters. The SMILES string of the molecule is Nc1cnn(-c2cccc(Br)c2C=O)c1. The van der Waals surface area contributed by atoms with Crippen LogP contribution in [-0.4, -0.2) is 16.1 Å². The van der Waals surface area contributed by atoms with Crippen LogP contribution in [0.5, 0.6) is 0 Å². The highest BCUT2D eigenvalue weighted by Crippen LogP contribution is 2.21. The Labute approximate surface area is 94.8 Å². The molecular formula is C10H8BrN3O. The van der Waals surface area contributed by atoms with Crippen molar-refractivity contribution in [2.24, 2.45) is 0 Å². The molecule has 4 nitrogen and oxygen atoms in total. The van der Waals surface area contributed by atoms with Crippen molar-refractivity contribution in [3.8, 4) is 5.69 Å². The van der Waals surface area contributed by atoms with Crippen LogP contribution in [0.4, 0.5) is 5.69 Å². The third kappa shape index (κ3) is 1.78. The van der Waals surface area contributed by atoms with Crippen molar-refractivity contribution in [1.29, 1.82) is 0 Å². The lowest BCUT2D eigenvalue weighted by Crippen LogP contribution is -2.00. The molecule has 1 aromatic heterocycles. The Hall–Kier alpha value is -1.62. The lowest BCUT2D eigenvalue weighted by Gasteiger charge is -2.05. The van der Waals surface area contributed by atoms with Crippen LogP contribution < -0.4 is 5.73 Å². The molecule has 0 aliphatic heterocycles. The second-order valence-electron chi connectivity index (χ2n) is 3.01. The Morgan fingerprint density at radius 3 is 2.87 bits per heavy atom. The Balaban J connectivity index is 2.62. The first-order valence-corrected chi connectivity index (χ1v) is 5.06. The van der Waals surface area contributed by atoms with Crippen molar-refractivity contribution < 1.29 is 4.79 Å². The predicted octanol–water partition coefficient (Wildman–Crippen LogP) is 2.03. The monoisotopic (exact) mass is 265 g/mol. The van der Waals surface area contributed by atoms with E-state index in [2.05, 4.69) is 21.0 Å². The number of anilines is 1. The summed E-state index contributed by atoms with van der Waals surface area (Å²) in [6.45, 7) is 0. The van der Waals surface area contributed by atoms with Gasteiger partial charge in [0.1, 0.15) is 0 Å². The zero-order chi connectivity index (χ0) is 10.8. The minimum atomic E-state index is 0.556. The van der Waals surface area contributed by atoms with Crippen molar-refractivity contribution in [2.75, 3.05) is 5.73 Å². The maximum atomic E-state index is 10.9. The zero-order valence-electron chi connectivity index (χ0n) is 7.72. The van der Waals surface area contributed by atoms with E-state index in [4.69, 9.17) is 5.73 Å². The largest absolute Gasteiger partial charge is 0.396 e. The predicted molar refractivity (Wildman–Crippen MR) is 61.1 cm³/mol. The van der Waals surface area contributed by atoms with Crippen LogP contribution in [0.2, 0.25) is 0 Å². The molecule has 0 aliphatic carbocycles. The topological polar surface area (TPSA) is 60.9 Å². The molecule has 2 aromatic rings. The molecule has 2 rings (SSSR count). The first-order valence-electron chi connectivity index (χ1n) is 4.26. The van der Waals surface area contributed by atoms with Crippen molar-refractivity contribution in [3.05, 3.63) is 40.6 Å². The zero-order valence-corrected chi connectivity index (χ0v) is 9.31. The average molecular weight is 266 g/mol. The maximum absolute atomic E-state index is 10.9. The van der Waals surface area contributed by atoms with Crippen molar-refractivity contribution in [1.82, 2.24) is 9.78 Å². The smallest absolute Gasteiger partial charge is 0.153 e. The minimum Gasteiger partial charge on any atom is -0.396 e. The molecule has 0 saturated heterocycles. The summed E-state index contributed by atoms with van der Waals surface area (Å²) >= 11 is 3.31. The summed E-state index contributed by atoms with van der Waals surface area (Å²) in [6.07, 6.45) is 3.99. The van der Waals surface area contributed by atoms with E-state index in [1.54, 1.807) is 23.0 Å². The number of aromatic nitrogens is 2. The number of carbonyl (C=O) groups is 1. The minimum absolute atomic E-state index is 0.556. The number of nitrogen functional groups attached to an aromatic ring is 1. The van der Waals surface area contributed by atoms with E-state index in [0.29, 0.717) is 16.9 Å². The van der Waals surface area contributed by atoms with E-state index in [0.717, 1.165) is 10.8 Å². The standard InChI is InChI=1S/C10H8BrN3O/c11-9-2-1-3-10(8(9)6-15)14-5-7(12)4-13-14/h1-6H,12H2. The van der Waals surface area contributed by atoms with E-state index < -0.39 is 0 Å². The second-order valence-corrected chi connectivity index (χ2v) is 3.86. The highest BCUT2D eigenvalue weighted by atomic mass is 79.9. The molecule has 2 N–H and O–H groups in total. The summed E-state index contributed by atoms with van der Waals surface area (Å²) in [4.78, 5) is 10.9. The molecule has 0 unspecified atom stereocenters. The van der Waals surface area contributed by atoms with Gasteiger partial charge in [0, 0.05) is 4.47 Å². The van der Waals surface area contributed by atoms with Gasteiger partial charge in [-0.05, 0) is 28.1 Å². The van der Waals surface area contributed by atoms with E-state index in [1.165, 1.54) is 6.20 Å². The van der Waals surface area contributed by atoms with Gasteiger partial charge in [0.15, 0.2) is 6.29 Å². The molecule has 0 saturated carbocycles. The highest BCUT2D eigenvalue weighted by Gasteiger charge is 2.07. The van der Waals surface area contributed by atoms with E-state index >= 15 is 0 Å². The quantitative estimate of drug-likeness (QED) is 0.846. The second kappa shape index (κ2) is 3.86. The molecule has 0 radical (unpaired) electrons. The van der Waals surface area contributed by atoms with Crippen LogP contribution in [0, 0.1) is 0 Å². The summed E-state index contributed by atoms with van der Waals surface area (Å²) in [7, 11) is 0. The first kappa shape index (κ1) is 9.92. The van der Waals surface area contributed by atoms with Crippen LogP contribution in [0.15, 0.2) is 35.1 Å². The van der Waals surface area contributed by atoms with Gasteiger partial charge in [0.2, 0.25) is 0 Å². The molecule has 15 heavy (non-hydrogen) atoms. The molecule has 1 heterocycles. The Kier molecular flexibility index (Phi) is 2.55. The molecule has 5 heteroatoms. The summed E-state index contributed by atoms with van der Waals surface area (Å²) in [5.74, 6) is 0. The van der Waals surface area contributed by atoms with Crippen LogP contribution >= 0.6 is 15.9 Å². The van der Waals surface area contributed by atoms with Crippen LogP contribution in [0.25, 0.3) is 5.69 Å². The maximum Gasteiger partial charge on any atom is 0.153 e. The number of carbonyl (C=O) groups excluding carboxylic acids is 1. The Morgan fingerprint density at radius 2 is 2.27 bits per heavy atom. The number of benzene rings is 1. The molecule has 0 fully saturated rings. The number of aldehydes is 1. The molecule has 76 valence electrons. The third-order valence-corrected chi connectivity index (χ3v) is 2.69. The normalized spacial score (nSPS) is 10.2. The van der Waals surface area contributed by atoms with Crippen LogP contribution in [0.3, 0.4) is 0 Å². The Morgan fingerprint density at radius 1 is 1.47 bits per heavy atom. The lowest BCUT2D eigenvalue weighted by atomic mass is 10.2. The van der Waals surface area contributed by atoms with E-state index in [1.807, 2.05) is 6.07 Å². The molecule has 1 aromatic carbocycles. The van der Waals surface area contributed by atoms with Crippen molar-refractivity contribution in [2.45, 2.75) is 0 Å². The third-order valence-electron chi connectivity index (χ3n) is 2.00. The van der Waals surface area contributed by atoms with Gasteiger partial charge in [-0.15, -0.1) is 0 Å². The molecule has 0 amide bonds. The fraction of sp³-hybridized carbons (Fsp3) is 0. The summed E-state index contributed by atoms with van der Waals surface area (Å²) in [5.41, 5.74) is 7.38. The number of nitrogens with zero attached hydrogens (tertiary/aromatic N) is 2. The molecule has 0 spiro atoms. The number of hydrogen-bond donors (Lipinski definition) is 1. The number of nitrogens with two attached hydrogens (primary N) is 1. The lowest BCUT2D eigenvalue weighted by molar-refractivity contribution is 0.112. The van der Waals surface area contributed by atoms with Crippen molar-refractivity contribution >= 4 is 27.9 Å². The summed E-state index contributed by atoms with van der Waals surface area (Å²) < 4.78 is 2.31. The highest BCUT2D eigenvalue weighted by molar-refractivity contribution is 9.10. The fourth-order valence-corrected chi connectivity index (χ4v) is 1.76. The van der Waals surface area contributed by atoms with E-state index in [9.17, 15) is 4.79 Å². The van der Waals surface area contributed by atoms with Crippen molar-refractivity contribution in [3.63, 3.8) is 0 Å². The van der Waals surface area contributed by atoms with Gasteiger partial charge in [0.25, 0.3) is 0 Å². The van der Waals surface area contributed by atoms with Gasteiger partial charge in [-0.1, -0.05) is 6.07 Å². The van der Waals surface area contributed by atoms with E-state index in [-0.39, 0.29) is 0 Å². The van der Waals surface area contributed by atoms with Crippen LogP contribution in [0.1, 0.15) is 10.4 Å². The van der Waals surface area contributed by atoms with Gasteiger partial charge in [-0.25, -0.2) is 4.68 Å². The molecule has 0 bridgehead atoms. The van der Waals surface area contributed by atoms with Gasteiger partial charge >= 0.3 is 0 Å².